The van der Waals surface area contributed by atoms with E-state index in [2.05, 4.69) is 5.32 Å². The minimum Gasteiger partial charge on any atom is -0.454 e. The molecule has 2 aromatic carbocycles. The molecule has 0 saturated carbocycles. The number of nitrogens with one attached hydrogen (secondary N) is 1. The molecule has 1 N–H and O–H groups in total. The van der Waals surface area contributed by atoms with Crippen LogP contribution in [0.2, 0.25) is 0 Å². The number of anilines is 1. The molecule has 34 heavy (non-hydrogen) atoms. The molecule has 0 aromatic heterocycles. The van der Waals surface area contributed by atoms with Crippen LogP contribution in [0.5, 0.6) is 11.5 Å². The number of hydrogen-bond donors (Lipinski definition) is 1. The summed E-state index contributed by atoms with van der Waals surface area (Å²) in [6.45, 7) is 3.96. The summed E-state index contributed by atoms with van der Waals surface area (Å²) in [6.07, 6.45) is 1.97. The fraction of sp³-hybridized carbons (Fsp3) is 0.417. The Labute approximate surface area is 200 Å². The average molecular weight is 490 g/mol. The van der Waals surface area contributed by atoms with Crippen LogP contribution in [-0.2, 0) is 26.0 Å². The molecule has 0 aliphatic carbocycles. The summed E-state index contributed by atoms with van der Waals surface area (Å²) in [7, 11) is -3.81. The quantitative estimate of drug-likeness (QED) is 0.519. The monoisotopic (exact) mass is 489 g/mol. The van der Waals surface area contributed by atoms with E-state index in [1.54, 1.807) is 12.1 Å². The molecule has 0 spiro atoms. The van der Waals surface area contributed by atoms with E-state index in [0.29, 0.717) is 30.9 Å². The molecule has 1 heterocycles. The van der Waals surface area contributed by atoms with Crippen molar-refractivity contribution in [1.29, 1.82) is 0 Å². The lowest BCUT2D eigenvalue weighted by molar-refractivity contribution is -0.139. The van der Waals surface area contributed by atoms with E-state index in [9.17, 15) is 18.0 Å². The Bertz CT molecular complexity index is 1110. The number of nitrogens with zero attached hydrogens (tertiary/aromatic N) is 2. The van der Waals surface area contributed by atoms with Gasteiger partial charge in [-0.3, -0.25) is 13.9 Å². The van der Waals surface area contributed by atoms with E-state index in [-0.39, 0.29) is 24.9 Å². The maximum Gasteiger partial charge on any atom is 0.244 e. The summed E-state index contributed by atoms with van der Waals surface area (Å²) >= 11 is 0. The number of likely N-dealkylation sites (N-methyl/N-ethyl adjacent to an activating group) is 1. The normalized spacial score (nSPS) is 13.3. The van der Waals surface area contributed by atoms with Crippen LogP contribution in [0.1, 0.15) is 25.8 Å². The van der Waals surface area contributed by atoms with Gasteiger partial charge in [0.2, 0.25) is 28.6 Å². The molecule has 0 saturated heterocycles. The third-order valence-corrected chi connectivity index (χ3v) is 6.69. The van der Waals surface area contributed by atoms with Crippen LogP contribution in [0.4, 0.5) is 5.69 Å². The predicted molar refractivity (Wildman–Crippen MR) is 129 cm³/mol. The first kappa shape index (κ1) is 25.4. The third kappa shape index (κ3) is 6.19. The van der Waals surface area contributed by atoms with Gasteiger partial charge in [0.1, 0.15) is 12.6 Å². The van der Waals surface area contributed by atoms with Crippen LogP contribution >= 0.6 is 0 Å². The van der Waals surface area contributed by atoms with Crippen LogP contribution in [0.15, 0.2) is 48.5 Å². The van der Waals surface area contributed by atoms with Gasteiger partial charge in [-0.2, -0.15) is 0 Å². The Morgan fingerprint density at radius 2 is 1.76 bits per heavy atom. The summed E-state index contributed by atoms with van der Waals surface area (Å²) in [5.74, 6) is 0.195. The van der Waals surface area contributed by atoms with Crippen LogP contribution < -0.4 is 19.1 Å². The smallest absolute Gasteiger partial charge is 0.244 e. The van der Waals surface area contributed by atoms with E-state index >= 15 is 0 Å². The molecule has 3 rings (SSSR count). The van der Waals surface area contributed by atoms with Crippen molar-refractivity contribution in [1.82, 2.24) is 10.2 Å². The Hall–Kier alpha value is -3.27. The lowest BCUT2D eigenvalue weighted by Gasteiger charge is -2.32. The Morgan fingerprint density at radius 3 is 2.41 bits per heavy atom. The number of rotatable bonds is 11. The molecule has 0 radical (unpaired) electrons. The second kappa shape index (κ2) is 11.2. The molecule has 1 aliphatic rings. The number of carbonyl (C=O) groups excluding carboxylic acids is 2. The molecular weight excluding hydrogens is 458 g/mol. The van der Waals surface area contributed by atoms with Gasteiger partial charge in [-0.1, -0.05) is 37.3 Å². The molecule has 0 fully saturated rings. The highest BCUT2D eigenvalue weighted by Crippen LogP contribution is 2.36. The van der Waals surface area contributed by atoms with Crippen LogP contribution in [0, 0.1) is 0 Å². The van der Waals surface area contributed by atoms with Gasteiger partial charge in [0.15, 0.2) is 11.5 Å². The average Bonchev–Trinajstić information content (AvgIpc) is 3.28. The van der Waals surface area contributed by atoms with Crippen molar-refractivity contribution < 1.29 is 27.5 Å². The van der Waals surface area contributed by atoms with Gasteiger partial charge >= 0.3 is 0 Å². The number of ether oxygens (including phenoxy) is 2. The molecule has 1 aliphatic heterocycles. The highest BCUT2D eigenvalue weighted by molar-refractivity contribution is 7.92. The summed E-state index contributed by atoms with van der Waals surface area (Å²) < 4.78 is 37.0. The predicted octanol–water partition coefficient (Wildman–Crippen LogP) is 2.17. The number of amides is 2. The largest absolute Gasteiger partial charge is 0.454 e. The summed E-state index contributed by atoms with van der Waals surface area (Å²) in [6, 6.07) is 13.6. The second-order valence-electron chi connectivity index (χ2n) is 7.95. The molecule has 1 unspecified atom stereocenters. The zero-order valence-electron chi connectivity index (χ0n) is 19.7. The molecule has 10 heteroatoms. The molecular formula is C24H31N3O6S. The molecule has 9 nitrogen and oxygen atoms in total. The number of hydrogen-bond acceptors (Lipinski definition) is 6. The lowest BCUT2D eigenvalue weighted by atomic mass is 10.1. The van der Waals surface area contributed by atoms with E-state index in [1.165, 1.54) is 11.0 Å². The molecule has 184 valence electrons. The van der Waals surface area contributed by atoms with Gasteiger partial charge in [-0.15, -0.1) is 0 Å². The minimum absolute atomic E-state index is 0.0502. The van der Waals surface area contributed by atoms with Crippen molar-refractivity contribution in [2.24, 2.45) is 0 Å². The van der Waals surface area contributed by atoms with Crippen molar-refractivity contribution in [2.45, 2.75) is 32.7 Å². The lowest BCUT2D eigenvalue weighted by Crippen LogP contribution is -2.53. The van der Waals surface area contributed by atoms with Gasteiger partial charge in [0.25, 0.3) is 0 Å². The van der Waals surface area contributed by atoms with E-state index in [0.717, 1.165) is 16.1 Å². The first-order valence-corrected chi connectivity index (χ1v) is 13.1. The molecule has 1 atom stereocenters. The van der Waals surface area contributed by atoms with Crippen molar-refractivity contribution in [3.63, 3.8) is 0 Å². The second-order valence-corrected chi connectivity index (χ2v) is 9.86. The van der Waals surface area contributed by atoms with Crippen LogP contribution in [0.25, 0.3) is 0 Å². The number of fused-ring (bicyclic) bond motifs is 1. The minimum atomic E-state index is -3.81. The topological polar surface area (TPSA) is 105 Å². The third-order valence-electron chi connectivity index (χ3n) is 5.54. The molecule has 2 amide bonds. The zero-order chi connectivity index (χ0) is 24.7. The summed E-state index contributed by atoms with van der Waals surface area (Å²) in [4.78, 5) is 27.7. The first-order valence-electron chi connectivity index (χ1n) is 11.2. The van der Waals surface area contributed by atoms with E-state index in [4.69, 9.17) is 9.47 Å². The zero-order valence-corrected chi connectivity index (χ0v) is 20.5. The SMILES string of the molecule is CCNC(=O)C(CC)N(CCc1ccccc1)C(=O)CN(c1ccc2c(c1)OCO2)S(C)(=O)=O. The maximum atomic E-state index is 13.5. The fourth-order valence-electron chi connectivity index (χ4n) is 3.84. The Balaban J connectivity index is 1.88. The van der Waals surface area contributed by atoms with Crippen molar-refractivity contribution in [3.8, 4) is 11.5 Å². The van der Waals surface area contributed by atoms with Crippen molar-refractivity contribution in [2.75, 3.05) is 37.0 Å². The van der Waals surface area contributed by atoms with Crippen molar-refractivity contribution >= 4 is 27.5 Å². The van der Waals surface area contributed by atoms with Gasteiger partial charge in [0.05, 0.1) is 11.9 Å². The maximum absolute atomic E-state index is 13.5. The summed E-state index contributed by atoms with van der Waals surface area (Å²) in [5, 5.41) is 2.78. The van der Waals surface area contributed by atoms with Crippen LogP contribution in [0.3, 0.4) is 0 Å². The number of benzene rings is 2. The Morgan fingerprint density at radius 1 is 1.06 bits per heavy atom. The highest BCUT2D eigenvalue weighted by atomic mass is 32.2. The summed E-state index contributed by atoms with van der Waals surface area (Å²) in [5.41, 5.74) is 1.30. The van der Waals surface area contributed by atoms with E-state index in [1.807, 2.05) is 44.2 Å². The van der Waals surface area contributed by atoms with Gasteiger partial charge in [-0.25, -0.2) is 8.42 Å². The van der Waals surface area contributed by atoms with Gasteiger partial charge < -0.3 is 19.7 Å². The molecule has 2 aromatic rings. The van der Waals surface area contributed by atoms with Crippen molar-refractivity contribution in [3.05, 3.63) is 54.1 Å². The number of sulfonamides is 1. The Kier molecular flexibility index (Phi) is 8.38. The van der Waals surface area contributed by atoms with Crippen LogP contribution in [-0.4, -0.2) is 63.9 Å². The molecule has 0 bridgehead atoms. The highest BCUT2D eigenvalue weighted by Gasteiger charge is 2.31. The number of carbonyl (C=O) groups is 2. The first-order chi connectivity index (χ1) is 16.2. The standard InChI is InChI=1S/C24H31N3O6S/c1-4-20(24(29)25-5-2)26(14-13-18-9-7-6-8-10-18)23(28)16-27(34(3,30)31)19-11-12-21-22(15-19)33-17-32-21/h6-12,15,20H,4-5,13-14,16-17H2,1-3H3,(H,25,29). The van der Waals surface area contributed by atoms with E-state index < -0.39 is 28.5 Å². The van der Waals surface area contributed by atoms with Gasteiger partial charge in [-0.05, 0) is 37.5 Å². The fourth-order valence-corrected chi connectivity index (χ4v) is 4.68. The van der Waals surface area contributed by atoms with Gasteiger partial charge in [0, 0.05) is 19.2 Å².